The van der Waals surface area contributed by atoms with Gasteiger partial charge in [-0.2, -0.15) is 0 Å². The maximum Gasteiger partial charge on any atom is 0.252 e. The van der Waals surface area contributed by atoms with Crippen molar-refractivity contribution in [1.29, 1.82) is 0 Å². The van der Waals surface area contributed by atoms with Crippen molar-refractivity contribution < 1.29 is 9.15 Å². The first-order chi connectivity index (χ1) is 31.8. The van der Waals surface area contributed by atoms with Crippen LogP contribution in [0.4, 0.5) is 0 Å². The van der Waals surface area contributed by atoms with Gasteiger partial charge in [-0.3, -0.25) is 0 Å². The Balaban J connectivity index is 1.15. The molecule has 10 aromatic carbocycles. The number of ether oxygens (including phenoxy) is 1. The number of hydrogen-bond donors (Lipinski definition) is 0. The fourth-order valence-corrected chi connectivity index (χ4v) is 15.2. The number of benzene rings is 10. The smallest absolute Gasteiger partial charge is 0.252 e. The van der Waals surface area contributed by atoms with Crippen LogP contribution in [0, 0.1) is 0 Å². The van der Waals surface area contributed by atoms with Gasteiger partial charge >= 0.3 is 0 Å². The van der Waals surface area contributed by atoms with Gasteiger partial charge < -0.3 is 9.15 Å². The molecule has 64 heavy (non-hydrogen) atoms. The molecule has 0 saturated carbocycles. The molecular weight excluding hydrogens is 792 g/mol. The fraction of sp³-hybridized carbons (Fsp3) is 0. The second-order valence-electron chi connectivity index (χ2n) is 16.6. The molecule has 0 spiro atoms. The lowest BCUT2D eigenvalue weighted by atomic mass is 9.34. The van der Waals surface area contributed by atoms with Crippen LogP contribution in [0.3, 0.4) is 0 Å². The Hall–Kier alpha value is -7.92. The van der Waals surface area contributed by atoms with E-state index in [9.17, 15) is 0 Å². The number of furan rings is 1. The summed E-state index contributed by atoms with van der Waals surface area (Å²) in [5.41, 5.74) is 12.1. The molecule has 4 heteroatoms. The number of fused-ring (bicyclic) bond motifs is 5. The summed E-state index contributed by atoms with van der Waals surface area (Å²) in [7, 11) is -2.78. The van der Waals surface area contributed by atoms with Gasteiger partial charge in [0.25, 0.3) is 6.71 Å². The molecule has 2 nitrogen and oxygen atoms in total. The maximum atomic E-state index is 7.12. The standard InChI is InChI=1S/C60H41BO2Si/c1-6-21-42(22-7-1)48-38-39-49(58(43-23-8-2-9-24-43)59(48)61-53-33-16-18-35-56(53)62-57-36-19-17-34-54(57)61)50-31-20-32-51-52-41-47(37-40-55(52)63-60(50)51)64(44-25-10-3-11-26-44,45-27-12-4-13-28-45)46-29-14-5-15-30-46/h1-41H. The number of para-hydroxylation sites is 3. The van der Waals surface area contributed by atoms with E-state index >= 15 is 0 Å². The van der Waals surface area contributed by atoms with Gasteiger partial charge in [-0.05, 0) is 77.7 Å². The van der Waals surface area contributed by atoms with Crippen molar-refractivity contribution >= 4 is 73.9 Å². The molecule has 0 saturated heterocycles. The maximum absolute atomic E-state index is 7.12. The summed E-state index contributed by atoms with van der Waals surface area (Å²) >= 11 is 0. The van der Waals surface area contributed by atoms with Crippen molar-refractivity contribution in [2.75, 3.05) is 0 Å². The summed E-state index contributed by atoms with van der Waals surface area (Å²) in [6.45, 7) is -0.115. The van der Waals surface area contributed by atoms with Crippen molar-refractivity contribution in [2.45, 2.75) is 0 Å². The van der Waals surface area contributed by atoms with Gasteiger partial charge in [0.2, 0.25) is 0 Å². The van der Waals surface area contributed by atoms with Crippen molar-refractivity contribution in [1.82, 2.24) is 0 Å². The molecule has 0 unspecified atom stereocenters. The molecule has 1 aliphatic rings. The minimum atomic E-state index is -2.78. The Labute approximate surface area is 374 Å². The highest BCUT2D eigenvalue weighted by molar-refractivity contribution is 7.20. The van der Waals surface area contributed by atoms with Gasteiger partial charge in [0, 0.05) is 16.3 Å². The topological polar surface area (TPSA) is 22.4 Å². The predicted molar refractivity (Wildman–Crippen MR) is 271 cm³/mol. The third-order valence-corrected chi connectivity index (χ3v) is 18.0. The van der Waals surface area contributed by atoms with E-state index in [1.54, 1.807) is 0 Å². The van der Waals surface area contributed by atoms with E-state index < -0.39 is 8.07 Å². The quantitative estimate of drug-likeness (QED) is 0.112. The Morgan fingerprint density at radius 1 is 0.344 bits per heavy atom. The van der Waals surface area contributed by atoms with E-state index in [1.807, 2.05) is 0 Å². The number of hydrogen-bond acceptors (Lipinski definition) is 2. The van der Waals surface area contributed by atoms with Crippen LogP contribution in [0.25, 0.3) is 55.3 Å². The van der Waals surface area contributed by atoms with Crippen LogP contribution in [-0.2, 0) is 0 Å². The molecule has 0 atom stereocenters. The molecule has 1 aliphatic heterocycles. The summed E-state index contributed by atoms with van der Waals surface area (Å²) in [4.78, 5) is 0. The van der Waals surface area contributed by atoms with Gasteiger partial charge in [0.1, 0.15) is 22.7 Å². The monoisotopic (exact) mass is 832 g/mol. The zero-order chi connectivity index (χ0) is 42.5. The summed E-state index contributed by atoms with van der Waals surface area (Å²) in [5, 5.41) is 7.55. The van der Waals surface area contributed by atoms with E-state index in [4.69, 9.17) is 9.15 Å². The first-order valence-corrected chi connectivity index (χ1v) is 24.0. The lowest BCUT2D eigenvalue weighted by Gasteiger charge is -2.34. The first-order valence-electron chi connectivity index (χ1n) is 22.0. The van der Waals surface area contributed by atoms with Crippen LogP contribution in [0.5, 0.6) is 11.5 Å². The molecule has 12 rings (SSSR count). The van der Waals surface area contributed by atoms with E-state index in [0.29, 0.717) is 0 Å². The van der Waals surface area contributed by atoms with E-state index in [2.05, 4.69) is 249 Å². The highest BCUT2D eigenvalue weighted by atomic mass is 28.3. The largest absolute Gasteiger partial charge is 0.458 e. The van der Waals surface area contributed by atoms with Gasteiger partial charge in [-0.1, -0.05) is 236 Å². The third-order valence-electron chi connectivity index (χ3n) is 13.2. The van der Waals surface area contributed by atoms with Crippen molar-refractivity contribution in [3.05, 3.63) is 249 Å². The summed E-state index contributed by atoms with van der Waals surface area (Å²) < 4.78 is 13.8. The van der Waals surface area contributed by atoms with Gasteiger partial charge in [-0.15, -0.1) is 0 Å². The SMILES string of the molecule is c1ccc(-c2ccc(-c3cccc4c3oc3ccc([Si](c5ccccc5)(c5ccccc5)c5ccccc5)cc34)c(-c3ccccc3)c2B2c3ccccc3Oc3ccccc32)cc1. The van der Waals surface area contributed by atoms with Crippen LogP contribution < -0.4 is 41.9 Å². The Kier molecular flexibility index (Phi) is 9.32. The van der Waals surface area contributed by atoms with Gasteiger partial charge in [-0.25, -0.2) is 0 Å². The van der Waals surface area contributed by atoms with Crippen LogP contribution in [0.2, 0.25) is 0 Å². The summed E-state index contributed by atoms with van der Waals surface area (Å²) in [6, 6.07) is 90.4. The lowest BCUT2D eigenvalue weighted by molar-refractivity contribution is 0.487. The molecule has 2 heterocycles. The molecule has 0 bridgehead atoms. The molecule has 0 amide bonds. The molecule has 1 aromatic heterocycles. The number of rotatable bonds is 8. The van der Waals surface area contributed by atoms with Crippen molar-refractivity contribution in [2.24, 2.45) is 0 Å². The fourth-order valence-electron chi connectivity index (χ4n) is 10.5. The van der Waals surface area contributed by atoms with Gasteiger partial charge in [0.15, 0.2) is 8.07 Å². The molecule has 0 fully saturated rings. The summed E-state index contributed by atoms with van der Waals surface area (Å²) in [5.74, 6) is 1.76. The lowest BCUT2D eigenvalue weighted by Crippen LogP contribution is -2.74. The minimum Gasteiger partial charge on any atom is -0.458 e. The minimum absolute atomic E-state index is 0.115. The Bertz CT molecular complexity index is 3320. The van der Waals surface area contributed by atoms with Crippen molar-refractivity contribution in [3.63, 3.8) is 0 Å². The predicted octanol–water partition coefficient (Wildman–Crippen LogP) is 10.6. The van der Waals surface area contributed by atoms with Crippen molar-refractivity contribution in [3.8, 4) is 44.9 Å². The third kappa shape index (κ3) is 6.10. The average Bonchev–Trinajstić information content (AvgIpc) is 3.75. The van der Waals surface area contributed by atoms with Crippen LogP contribution >= 0.6 is 0 Å². The van der Waals surface area contributed by atoms with E-state index in [-0.39, 0.29) is 6.71 Å². The molecule has 0 aliphatic carbocycles. The molecule has 0 radical (unpaired) electrons. The normalized spacial score (nSPS) is 12.2. The van der Waals surface area contributed by atoms with Gasteiger partial charge in [0.05, 0.1) is 0 Å². The highest BCUT2D eigenvalue weighted by Gasteiger charge is 2.42. The van der Waals surface area contributed by atoms with Crippen LogP contribution in [0.1, 0.15) is 0 Å². The molecule has 0 N–H and O–H groups in total. The van der Waals surface area contributed by atoms with Crippen LogP contribution in [0.15, 0.2) is 253 Å². The Morgan fingerprint density at radius 3 is 1.42 bits per heavy atom. The highest BCUT2D eigenvalue weighted by Crippen LogP contribution is 2.41. The van der Waals surface area contributed by atoms with Crippen LogP contribution in [-0.4, -0.2) is 14.8 Å². The average molecular weight is 833 g/mol. The van der Waals surface area contributed by atoms with E-state index in [1.165, 1.54) is 42.9 Å². The Morgan fingerprint density at radius 2 is 0.844 bits per heavy atom. The molecule has 11 aromatic rings. The molecule has 300 valence electrons. The zero-order valence-electron chi connectivity index (χ0n) is 35.1. The second-order valence-corrected chi connectivity index (χ2v) is 20.4. The summed E-state index contributed by atoms with van der Waals surface area (Å²) in [6.07, 6.45) is 0. The first kappa shape index (κ1) is 37.8. The van der Waals surface area contributed by atoms with E-state index in [0.717, 1.165) is 61.1 Å². The zero-order valence-corrected chi connectivity index (χ0v) is 36.1. The molecular formula is C60H41BO2Si. The second kappa shape index (κ2) is 15.8.